The summed E-state index contributed by atoms with van der Waals surface area (Å²) in [5, 5.41) is 15.9. The van der Waals surface area contributed by atoms with Crippen LogP contribution in [0.25, 0.3) is 0 Å². The van der Waals surface area contributed by atoms with Gasteiger partial charge in [0.25, 0.3) is 0 Å². The molecular weight excluding hydrogens is 216 g/mol. The molecule has 1 amide bonds. The molecule has 2 atom stereocenters. The van der Waals surface area contributed by atoms with Gasteiger partial charge in [0, 0.05) is 18.7 Å². The van der Waals surface area contributed by atoms with Gasteiger partial charge in [-0.1, -0.05) is 19.1 Å². The molecule has 0 saturated heterocycles. The van der Waals surface area contributed by atoms with Gasteiger partial charge in [-0.3, -0.25) is 4.79 Å². The summed E-state index contributed by atoms with van der Waals surface area (Å²) < 4.78 is 0. The molecule has 0 radical (unpaired) electrons. The molecular formula is C13H20N2O2. The number of rotatable bonds is 5. The predicted molar refractivity (Wildman–Crippen MR) is 68.8 cm³/mol. The van der Waals surface area contributed by atoms with Crippen molar-refractivity contribution in [3.05, 3.63) is 29.8 Å². The van der Waals surface area contributed by atoms with Crippen LogP contribution in [-0.2, 0) is 4.79 Å². The van der Waals surface area contributed by atoms with Gasteiger partial charge in [-0.05, 0) is 31.2 Å². The predicted octanol–water partition coefficient (Wildman–Crippen LogP) is 1.68. The van der Waals surface area contributed by atoms with E-state index >= 15 is 0 Å². The Kier molecular flexibility index (Phi) is 5.12. The summed E-state index contributed by atoms with van der Waals surface area (Å²) in [5.41, 5.74) is 1.59. The minimum Gasteiger partial charge on any atom is -0.387 e. The zero-order valence-corrected chi connectivity index (χ0v) is 10.5. The van der Waals surface area contributed by atoms with Gasteiger partial charge >= 0.3 is 0 Å². The fraction of sp³-hybridized carbons (Fsp3) is 0.462. The Hall–Kier alpha value is -1.39. The molecule has 0 spiro atoms. The number of aliphatic hydroxyl groups is 1. The molecule has 0 heterocycles. The fourth-order valence-electron chi connectivity index (χ4n) is 1.78. The number of hydrogen-bond acceptors (Lipinski definition) is 3. The van der Waals surface area contributed by atoms with Crippen molar-refractivity contribution in [3.63, 3.8) is 0 Å². The van der Waals surface area contributed by atoms with Gasteiger partial charge in [0.1, 0.15) is 0 Å². The van der Waals surface area contributed by atoms with E-state index in [0.717, 1.165) is 17.7 Å². The maximum absolute atomic E-state index is 10.9. The first-order valence-electron chi connectivity index (χ1n) is 5.81. The van der Waals surface area contributed by atoms with E-state index < -0.39 is 6.10 Å². The molecule has 0 aliphatic heterocycles. The highest BCUT2D eigenvalue weighted by atomic mass is 16.3. The van der Waals surface area contributed by atoms with Gasteiger partial charge in [-0.25, -0.2) is 0 Å². The van der Waals surface area contributed by atoms with E-state index in [1.165, 1.54) is 6.92 Å². The Labute approximate surface area is 102 Å². The Bertz CT molecular complexity index is 358. The third kappa shape index (κ3) is 3.84. The van der Waals surface area contributed by atoms with Crippen molar-refractivity contribution in [3.8, 4) is 0 Å². The number of anilines is 1. The molecule has 0 aliphatic carbocycles. The molecule has 0 saturated carbocycles. The van der Waals surface area contributed by atoms with Crippen LogP contribution >= 0.6 is 0 Å². The minimum atomic E-state index is -0.531. The van der Waals surface area contributed by atoms with Crippen LogP contribution in [0.3, 0.4) is 0 Å². The van der Waals surface area contributed by atoms with Gasteiger partial charge in [-0.2, -0.15) is 0 Å². The minimum absolute atomic E-state index is 0.0432. The van der Waals surface area contributed by atoms with Crippen molar-refractivity contribution in [2.24, 2.45) is 0 Å². The van der Waals surface area contributed by atoms with Crippen LogP contribution in [0.5, 0.6) is 0 Å². The van der Waals surface area contributed by atoms with Crippen LogP contribution in [0.15, 0.2) is 24.3 Å². The van der Waals surface area contributed by atoms with Gasteiger partial charge in [-0.15, -0.1) is 0 Å². The van der Waals surface area contributed by atoms with Crippen molar-refractivity contribution in [1.82, 2.24) is 5.32 Å². The van der Waals surface area contributed by atoms with E-state index in [9.17, 15) is 9.90 Å². The number of nitrogens with one attached hydrogen (secondary N) is 2. The number of benzene rings is 1. The van der Waals surface area contributed by atoms with Crippen molar-refractivity contribution < 1.29 is 9.90 Å². The normalized spacial score (nSPS) is 14.1. The Morgan fingerprint density at radius 3 is 2.35 bits per heavy atom. The smallest absolute Gasteiger partial charge is 0.221 e. The molecule has 1 rings (SSSR count). The average molecular weight is 236 g/mol. The van der Waals surface area contributed by atoms with Crippen LogP contribution in [0, 0.1) is 0 Å². The molecule has 2 unspecified atom stereocenters. The molecule has 0 aliphatic rings. The number of carbonyl (C=O) groups excluding carboxylic acids is 1. The first-order chi connectivity index (χ1) is 8.08. The largest absolute Gasteiger partial charge is 0.387 e. The second kappa shape index (κ2) is 6.37. The van der Waals surface area contributed by atoms with E-state index in [1.54, 1.807) is 12.1 Å². The third-order valence-electron chi connectivity index (χ3n) is 2.76. The van der Waals surface area contributed by atoms with E-state index in [-0.39, 0.29) is 11.9 Å². The maximum Gasteiger partial charge on any atom is 0.221 e. The van der Waals surface area contributed by atoms with Crippen LogP contribution in [0.1, 0.15) is 31.9 Å². The summed E-state index contributed by atoms with van der Waals surface area (Å²) in [6.45, 7) is 3.49. The summed E-state index contributed by atoms with van der Waals surface area (Å²) in [6.07, 6.45) is 0.321. The van der Waals surface area contributed by atoms with Crippen LogP contribution in [0.2, 0.25) is 0 Å². The van der Waals surface area contributed by atoms with Crippen LogP contribution in [-0.4, -0.2) is 24.1 Å². The molecule has 0 aromatic heterocycles. The molecule has 4 heteroatoms. The Morgan fingerprint density at radius 1 is 1.35 bits per heavy atom. The molecule has 17 heavy (non-hydrogen) atoms. The molecule has 94 valence electrons. The Morgan fingerprint density at radius 2 is 1.94 bits per heavy atom. The number of carbonyl (C=O) groups is 1. The number of aliphatic hydroxyl groups excluding tert-OH is 1. The lowest BCUT2D eigenvalue weighted by atomic mass is 10.0. The quantitative estimate of drug-likeness (QED) is 0.729. The fourth-order valence-corrected chi connectivity index (χ4v) is 1.78. The highest BCUT2D eigenvalue weighted by Crippen LogP contribution is 2.20. The molecule has 4 nitrogen and oxygen atoms in total. The number of likely N-dealkylation sites (N-methyl/N-ethyl adjacent to an activating group) is 1. The molecule has 1 aromatic carbocycles. The third-order valence-corrected chi connectivity index (χ3v) is 2.76. The van der Waals surface area contributed by atoms with Gasteiger partial charge in [0.2, 0.25) is 5.91 Å². The number of amides is 1. The first-order valence-corrected chi connectivity index (χ1v) is 5.81. The van der Waals surface area contributed by atoms with Crippen molar-refractivity contribution in [1.29, 1.82) is 0 Å². The molecule has 3 N–H and O–H groups in total. The van der Waals surface area contributed by atoms with Crippen LogP contribution < -0.4 is 10.6 Å². The SMILES string of the molecule is CCC(NC)C(O)c1ccc(NC(C)=O)cc1. The highest BCUT2D eigenvalue weighted by Gasteiger charge is 2.16. The average Bonchev–Trinajstić information content (AvgIpc) is 2.30. The monoisotopic (exact) mass is 236 g/mol. The summed E-state index contributed by atoms with van der Waals surface area (Å²) in [6, 6.07) is 7.29. The molecule has 0 fully saturated rings. The highest BCUT2D eigenvalue weighted by molar-refractivity contribution is 5.88. The second-order valence-corrected chi connectivity index (χ2v) is 4.05. The summed E-state index contributed by atoms with van der Waals surface area (Å²) in [4.78, 5) is 10.9. The summed E-state index contributed by atoms with van der Waals surface area (Å²) >= 11 is 0. The van der Waals surface area contributed by atoms with Crippen LogP contribution in [0.4, 0.5) is 5.69 Å². The van der Waals surface area contributed by atoms with Crippen molar-refractivity contribution in [2.45, 2.75) is 32.4 Å². The zero-order valence-electron chi connectivity index (χ0n) is 10.5. The Balaban J connectivity index is 2.76. The lowest BCUT2D eigenvalue weighted by molar-refractivity contribution is -0.114. The van der Waals surface area contributed by atoms with Gasteiger partial charge in [0.15, 0.2) is 0 Å². The maximum atomic E-state index is 10.9. The molecule has 1 aromatic rings. The lowest BCUT2D eigenvalue weighted by Crippen LogP contribution is -2.31. The number of hydrogen-bond donors (Lipinski definition) is 3. The first kappa shape index (κ1) is 13.7. The summed E-state index contributed by atoms with van der Waals surface area (Å²) in [7, 11) is 1.84. The zero-order chi connectivity index (χ0) is 12.8. The lowest BCUT2D eigenvalue weighted by Gasteiger charge is -2.21. The topological polar surface area (TPSA) is 61.4 Å². The van der Waals surface area contributed by atoms with Crippen molar-refractivity contribution >= 4 is 11.6 Å². The standard InChI is InChI=1S/C13H20N2O2/c1-4-12(14-3)13(17)10-5-7-11(8-6-10)15-9(2)16/h5-8,12-14,17H,4H2,1-3H3,(H,15,16). The van der Waals surface area contributed by atoms with E-state index in [4.69, 9.17) is 0 Å². The van der Waals surface area contributed by atoms with Gasteiger partial charge in [0.05, 0.1) is 6.10 Å². The molecule has 0 bridgehead atoms. The van der Waals surface area contributed by atoms with E-state index in [1.807, 2.05) is 26.1 Å². The van der Waals surface area contributed by atoms with Gasteiger partial charge < -0.3 is 15.7 Å². The van der Waals surface area contributed by atoms with Crippen molar-refractivity contribution in [2.75, 3.05) is 12.4 Å². The summed E-state index contributed by atoms with van der Waals surface area (Å²) in [5.74, 6) is -0.0973. The van der Waals surface area contributed by atoms with E-state index in [0.29, 0.717) is 0 Å². The second-order valence-electron chi connectivity index (χ2n) is 4.05. The van der Waals surface area contributed by atoms with E-state index in [2.05, 4.69) is 10.6 Å².